The van der Waals surface area contributed by atoms with Gasteiger partial charge in [-0.25, -0.2) is 14.6 Å². The second-order valence-corrected chi connectivity index (χ2v) is 3.25. The Morgan fingerprint density at radius 1 is 1.29 bits per heavy atom. The third-order valence-corrected chi connectivity index (χ3v) is 2.00. The summed E-state index contributed by atoms with van der Waals surface area (Å²) in [4.78, 5) is 25.1. The average Bonchev–Trinajstić information content (AvgIpc) is 2.82. The van der Waals surface area contributed by atoms with Crippen molar-refractivity contribution in [1.29, 1.82) is 0 Å². The van der Waals surface area contributed by atoms with Crippen LogP contribution in [0.25, 0.3) is 11.5 Å². The molecule has 2 heterocycles. The molecule has 0 fully saturated rings. The number of furan rings is 1. The van der Waals surface area contributed by atoms with Crippen molar-refractivity contribution in [2.24, 2.45) is 0 Å². The molecule has 88 valence electrons. The van der Waals surface area contributed by atoms with Crippen molar-refractivity contribution in [3.05, 3.63) is 29.5 Å². The molecular weight excluding hydrogens is 230 g/mol. The second-order valence-electron chi connectivity index (χ2n) is 3.25. The van der Waals surface area contributed by atoms with Gasteiger partial charge in [-0.05, 0) is 13.0 Å². The van der Waals surface area contributed by atoms with E-state index in [2.05, 4.69) is 4.98 Å². The predicted octanol–water partition coefficient (Wildman–Crippen LogP) is 1.64. The first-order valence-corrected chi connectivity index (χ1v) is 4.52. The van der Waals surface area contributed by atoms with Gasteiger partial charge in [-0.1, -0.05) is 0 Å². The topological polar surface area (TPSA) is 114 Å². The first kappa shape index (κ1) is 10.9. The van der Waals surface area contributed by atoms with E-state index in [0.29, 0.717) is 11.3 Å². The minimum absolute atomic E-state index is 0.100. The molecule has 17 heavy (non-hydrogen) atoms. The molecule has 2 aromatic rings. The maximum Gasteiger partial charge on any atom is 0.374 e. The molecule has 0 aliphatic carbocycles. The Morgan fingerprint density at radius 3 is 2.41 bits per heavy atom. The molecule has 0 aliphatic rings. The van der Waals surface area contributed by atoms with E-state index in [1.54, 1.807) is 13.0 Å². The number of oxazole rings is 1. The van der Waals surface area contributed by atoms with Crippen LogP contribution in [0, 0.1) is 6.92 Å². The van der Waals surface area contributed by atoms with Gasteiger partial charge in [0.25, 0.3) is 0 Å². The highest BCUT2D eigenvalue weighted by Gasteiger charge is 2.25. The molecule has 0 aromatic carbocycles. The zero-order valence-electron chi connectivity index (χ0n) is 8.63. The van der Waals surface area contributed by atoms with E-state index < -0.39 is 23.4 Å². The molecule has 0 amide bonds. The zero-order valence-corrected chi connectivity index (χ0v) is 8.63. The number of carboxylic acid groups (broad SMARTS) is 2. The molecule has 2 aromatic heterocycles. The minimum Gasteiger partial charge on any atom is -0.476 e. The van der Waals surface area contributed by atoms with Gasteiger partial charge in [0, 0.05) is 0 Å². The fourth-order valence-electron chi connectivity index (χ4n) is 1.29. The van der Waals surface area contributed by atoms with Gasteiger partial charge >= 0.3 is 11.9 Å². The number of aromatic carboxylic acids is 2. The normalized spacial score (nSPS) is 10.4. The van der Waals surface area contributed by atoms with Crippen LogP contribution in [0.2, 0.25) is 0 Å². The van der Waals surface area contributed by atoms with Gasteiger partial charge < -0.3 is 19.0 Å². The van der Waals surface area contributed by atoms with Gasteiger partial charge in [-0.2, -0.15) is 0 Å². The first-order valence-electron chi connectivity index (χ1n) is 4.52. The Labute approximate surface area is 94.3 Å². The monoisotopic (exact) mass is 237 g/mol. The lowest BCUT2D eigenvalue weighted by Gasteiger charge is -1.87. The summed E-state index contributed by atoms with van der Waals surface area (Å²) in [6, 6.07) is 1.56. The van der Waals surface area contributed by atoms with E-state index in [-0.39, 0.29) is 5.89 Å². The van der Waals surface area contributed by atoms with Gasteiger partial charge in [0.2, 0.25) is 17.3 Å². The molecule has 7 heteroatoms. The minimum atomic E-state index is -1.48. The van der Waals surface area contributed by atoms with Gasteiger partial charge in [-0.15, -0.1) is 0 Å². The molecular formula is C10H7NO6. The molecule has 0 saturated carbocycles. The fraction of sp³-hybridized carbons (Fsp3) is 0.100. The lowest BCUT2D eigenvalue weighted by atomic mass is 10.3. The van der Waals surface area contributed by atoms with E-state index in [0.717, 1.165) is 0 Å². The van der Waals surface area contributed by atoms with Crippen LogP contribution in [0.5, 0.6) is 0 Å². The van der Waals surface area contributed by atoms with E-state index in [1.165, 1.54) is 6.26 Å². The molecule has 0 unspecified atom stereocenters. The number of rotatable bonds is 3. The van der Waals surface area contributed by atoms with Gasteiger partial charge in [0.05, 0.1) is 5.56 Å². The van der Waals surface area contributed by atoms with Crippen molar-refractivity contribution in [3.8, 4) is 11.5 Å². The van der Waals surface area contributed by atoms with E-state index in [9.17, 15) is 9.59 Å². The first-order chi connectivity index (χ1) is 7.99. The van der Waals surface area contributed by atoms with Gasteiger partial charge in [0.15, 0.2) is 0 Å². The zero-order chi connectivity index (χ0) is 12.6. The van der Waals surface area contributed by atoms with Crippen LogP contribution in [0.15, 0.2) is 21.2 Å². The molecule has 7 nitrogen and oxygen atoms in total. The summed E-state index contributed by atoms with van der Waals surface area (Å²) < 4.78 is 9.88. The van der Waals surface area contributed by atoms with Gasteiger partial charge in [-0.3, -0.25) is 0 Å². The number of aryl methyl sites for hydroxylation is 1. The maximum atomic E-state index is 10.8. The van der Waals surface area contributed by atoms with Crippen molar-refractivity contribution < 1.29 is 28.6 Å². The van der Waals surface area contributed by atoms with Crippen molar-refractivity contribution in [1.82, 2.24) is 4.98 Å². The molecule has 0 saturated heterocycles. The van der Waals surface area contributed by atoms with Crippen LogP contribution >= 0.6 is 0 Å². The molecule has 0 aliphatic heterocycles. The van der Waals surface area contributed by atoms with Crippen molar-refractivity contribution in [2.45, 2.75) is 6.92 Å². The summed E-state index contributed by atoms with van der Waals surface area (Å²) >= 11 is 0. The van der Waals surface area contributed by atoms with Crippen LogP contribution < -0.4 is 0 Å². The van der Waals surface area contributed by atoms with Crippen LogP contribution in [0.1, 0.15) is 26.8 Å². The molecule has 0 bridgehead atoms. The Morgan fingerprint density at radius 2 is 2.00 bits per heavy atom. The number of carboxylic acids is 2. The number of carbonyl (C=O) groups is 2. The largest absolute Gasteiger partial charge is 0.476 e. The highest BCUT2D eigenvalue weighted by Crippen LogP contribution is 2.24. The summed E-state index contributed by atoms with van der Waals surface area (Å²) in [5, 5.41) is 17.5. The summed E-state index contributed by atoms with van der Waals surface area (Å²) in [6.45, 7) is 1.68. The quantitative estimate of drug-likeness (QED) is 0.833. The van der Waals surface area contributed by atoms with Crippen LogP contribution in [0.4, 0.5) is 0 Å². The number of nitrogens with zero attached hydrogens (tertiary/aromatic N) is 1. The summed E-state index contributed by atoms with van der Waals surface area (Å²) in [5.41, 5.74) is -0.246. The standard InChI is InChI=1S/C10H7NO6/c1-4-2-5(3-16-4)8-11-6(9(12)13)7(17-8)10(14)15/h2-3H,1H3,(H,12,13)(H,14,15). The molecule has 0 spiro atoms. The van der Waals surface area contributed by atoms with Crippen LogP contribution in [0.3, 0.4) is 0 Å². The van der Waals surface area contributed by atoms with Crippen LogP contribution in [-0.4, -0.2) is 27.1 Å². The average molecular weight is 237 g/mol. The third-order valence-electron chi connectivity index (χ3n) is 2.00. The van der Waals surface area contributed by atoms with Crippen molar-refractivity contribution >= 4 is 11.9 Å². The van der Waals surface area contributed by atoms with Gasteiger partial charge in [0.1, 0.15) is 12.0 Å². The Bertz CT molecular complexity index is 562. The number of aromatic nitrogens is 1. The molecule has 2 N–H and O–H groups in total. The predicted molar refractivity (Wildman–Crippen MR) is 52.9 cm³/mol. The van der Waals surface area contributed by atoms with Crippen molar-refractivity contribution in [2.75, 3.05) is 0 Å². The van der Waals surface area contributed by atoms with Crippen LogP contribution in [-0.2, 0) is 0 Å². The molecule has 0 atom stereocenters. The Balaban J connectivity index is 2.54. The molecule has 0 radical (unpaired) electrons. The van der Waals surface area contributed by atoms with E-state index in [1.807, 2.05) is 0 Å². The lowest BCUT2D eigenvalue weighted by molar-refractivity contribution is 0.0624. The fourth-order valence-corrected chi connectivity index (χ4v) is 1.29. The third kappa shape index (κ3) is 1.89. The smallest absolute Gasteiger partial charge is 0.374 e. The highest BCUT2D eigenvalue weighted by atomic mass is 16.4. The van der Waals surface area contributed by atoms with E-state index in [4.69, 9.17) is 19.0 Å². The summed E-state index contributed by atoms with van der Waals surface area (Å²) in [5.74, 6) is -3.17. The number of hydrogen-bond acceptors (Lipinski definition) is 5. The van der Waals surface area contributed by atoms with E-state index >= 15 is 0 Å². The lowest BCUT2D eigenvalue weighted by Crippen LogP contribution is -2.05. The van der Waals surface area contributed by atoms with Crippen molar-refractivity contribution in [3.63, 3.8) is 0 Å². The second kappa shape index (κ2) is 3.78. The maximum absolute atomic E-state index is 10.8. The SMILES string of the molecule is Cc1cc(-c2nc(C(=O)O)c(C(=O)O)o2)co1. The summed E-state index contributed by atoms with van der Waals surface area (Å²) in [6.07, 6.45) is 1.30. The Hall–Kier alpha value is -2.57. The Kier molecular flexibility index (Phi) is 2.43. The molecule has 2 rings (SSSR count). The summed E-state index contributed by atoms with van der Waals surface area (Å²) in [7, 11) is 0. The highest BCUT2D eigenvalue weighted by molar-refractivity contribution is 5.98. The number of hydrogen-bond donors (Lipinski definition) is 2.